The van der Waals surface area contributed by atoms with Crippen molar-refractivity contribution in [1.82, 2.24) is 0 Å². The zero-order chi connectivity index (χ0) is 9.59. The molecule has 0 amide bonds. The summed E-state index contributed by atoms with van der Waals surface area (Å²) >= 11 is 0. The zero-order valence-corrected chi connectivity index (χ0v) is 9.22. The molecular weight excluding hydrogens is 156 g/mol. The Morgan fingerprint density at radius 3 is 2.31 bits per heavy atom. The summed E-state index contributed by atoms with van der Waals surface area (Å²) < 4.78 is 0. The Morgan fingerprint density at radius 1 is 1.38 bits per heavy atom. The average Bonchev–Trinajstić information content (AvgIpc) is 2.99. The van der Waals surface area contributed by atoms with Crippen LogP contribution >= 0.6 is 0 Å². The summed E-state index contributed by atoms with van der Waals surface area (Å²) in [4.78, 5) is 0. The standard InChI is InChI=1S/C13H22/c1-5-8(3)9(4)10(6-2)13-11-7-12(11)13/h9-13H,3,5-7H2,1-2,4H3. The largest absolute Gasteiger partial charge is 0.0996 e. The van der Waals surface area contributed by atoms with Gasteiger partial charge in [0.15, 0.2) is 0 Å². The number of allylic oxidation sites excluding steroid dienone is 1. The van der Waals surface area contributed by atoms with Crippen molar-refractivity contribution >= 4 is 0 Å². The second-order valence-electron chi connectivity index (χ2n) is 5.01. The molecule has 0 aromatic heterocycles. The fourth-order valence-electron chi connectivity index (χ4n) is 3.05. The van der Waals surface area contributed by atoms with Crippen molar-refractivity contribution in [2.45, 2.75) is 40.0 Å². The summed E-state index contributed by atoms with van der Waals surface area (Å²) in [6, 6.07) is 0. The molecule has 0 aromatic rings. The van der Waals surface area contributed by atoms with Crippen molar-refractivity contribution in [3.63, 3.8) is 0 Å². The van der Waals surface area contributed by atoms with E-state index in [1.807, 2.05) is 0 Å². The maximum absolute atomic E-state index is 4.19. The topological polar surface area (TPSA) is 0 Å². The van der Waals surface area contributed by atoms with Gasteiger partial charge in [0.1, 0.15) is 0 Å². The van der Waals surface area contributed by atoms with Crippen LogP contribution in [0.2, 0.25) is 0 Å². The number of hydrogen-bond donors (Lipinski definition) is 0. The van der Waals surface area contributed by atoms with Crippen LogP contribution in [0.25, 0.3) is 0 Å². The second-order valence-corrected chi connectivity index (χ2v) is 5.01. The Hall–Kier alpha value is -0.260. The van der Waals surface area contributed by atoms with Gasteiger partial charge in [-0.1, -0.05) is 39.3 Å². The predicted molar refractivity (Wildman–Crippen MR) is 57.5 cm³/mol. The van der Waals surface area contributed by atoms with Crippen LogP contribution in [0.4, 0.5) is 0 Å². The fraction of sp³-hybridized carbons (Fsp3) is 0.846. The second kappa shape index (κ2) is 3.15. The highest BCUT2D eigenvalue weighted by molar-refractivity contribution is 5.17. The third kappa shape index (κ3) is 1.45. The van der Waals surface area contributed by atoms with E-state index in [9.17, 15) is 0 Å². The molecule has 0 radical (unpaired) electrons. The summed E-state index contributed by atoms with van der Waals surface area (Å²) in [5.74, 6) is 5.13. The molecule has 0 N–H and O–H groups in total. The molecule has 4 atom stereocenters. The van der Waals surface area contributed by atoms with Gasteiger partial charge in [0.05, 0.1) is 0 Å². The predicted octanol–water partition coefficient (Wildman–Crippen LogP) is 3.88. The van der Waals surface area contributed by atoms with Gasteiger partial charge in [0.2, 0.25) is 0 Å². The van der Waals surface area contributed by atoms with E-state index >= 15 is 0 Å². The van der Waals surface area contributed by atoms with Gasteiger partial charge in [-0.3, -0.25) is 0 Å². The lowest BCUT2D eigenvalue weighted by atomic mass is 9.79. The summed E-state index contributed by atoms with van der Waals surface area (Å²) in [5, 5.41) is 0. The monoisotopic (exact) mass is 178 g/mol. The molecule has 2 aliphatic carbocycles. The van der Waals surface area contributed by atoms with Crippen molar-refractivity contribution in [2.24, 2.45) is 29.6 Å². The first-order chi connectivity index (χ1) is 6.20. The molecule has 0 aliphatic heterocycles. The highest BCUT2D eigenvalue weighted by Crippen LogP contribution is 2.72. The number of hydrogen-bond acceptors (Lipinski definition) is 0. The Bertz CT molecular complexity index is 208. The van der Waals surface area contributed by atoms with E-state index in [0.29, 0.717) is 0 Å². The van der Waals surface area contributed by atoms with Crippen molar-refractivity contribution in [2.75, 3.05) is 0 Å². The minimum absolute atomic E-state index is 0.771. The first-order valence-electron chi connectivity index (χ1n) is 5.88. The Labute approximate surface area is 82.4 Å². The van der Waals surface area contributed by atoms with E-state index in [-0.39, 0.29) is 0 Å². The van der Waals surface area contributed by atoms with E-state index in [1.54, 1.807) is 6.42 Å². The van der Waals surface area contributed by atoms with Gasteiger partial charge in [0.25, 0.3) is 0 Å². The van der Waals surface area contributed by atoms with Crippen LogP contribution in [0.3, 0.4) is 0 Å². The molecule has 0 heterocycles. The minimum Gasteiger partial charge on any atom is -0.0996 e. The SMILES string of the molecule is C=C(CC)C(C)C(CC)C1C2CC21. The lowest BCUT2D eigenvalue weighted by molar-refractivity contribution is 0.291. The highest BCUT2D eigenvalue weighted by atomic mass is 14.7. The number of fused-ring (bicyclic) bond motifs is 1. The molecule has 0 heteroatoms. The van der Waals surface area contributed by atoms with E-state index < -0.39 is 0 Å². The molecule has 2 fully saturated rings. The minimum atomic E-state index is 0.771. The molecule has 0 spiro atoms. The molecule has 74 valence electrons. The van der Waals surface area contributed by atoms with Crippen LogP contribution in [0.5, 0.6) is 0 Å². The maximum atomic E-state index is 4.19. The average molecular weight is 178 g/mol. The molecule has 13 heavy (non-hydrogen) atoms. The van der Waals surface area contributed by atoms with Crippen LogP contribution in [0.1, 0.15) is 40.0 Å². The van der Waals surface area contributed by atoms with Gasteiger partial charge in [0, 0.05) is 0 Å². The summed E-state index contributed by atoms with van der Waals surface area (Å²) in [6.07, 6.45) is 4.07. The first kappa shape index (κ1) is 9.30. The van der Waals surface area contributed by atoms with E-state index in [0.717, 1.165) is 29.6 Å². The summed E-state index contributed by atoms with van der Waals surface area (Å²) in [6.45, 7) is 11.2. The summed E-state index contributed by atoms with van der Waals surface area (Å²) in [7, 11) is 0. The zero-order valence-electron chi connectivity index (χ0n) is 9.22. The molecular formula is C13H22. The van der Waals surface area contributed by atoms with Gasteiger partial charge in [-0.05, 0) is 42.4 Å². The molecule has 4 unspecified atom stereocenters. The van der Waals surface area contributed by atoms with Gasteiger partial charge in [-0.2, -0.15) is 0 Å². The van der Waals surface area contributed by atoms with Gasteiger partial charge in [-0.15, -0.1) is 0 Å². The van der Waals surface area contributed by atoms with Crippen LogP contribution in [-0.4, -0.2) is 0 Å². The highest BCUT2D eigenvalue weighted by Gasteiger charge is 2.66. The molecule has 2 rings (SSSR count). The molecule has 0 aromatic carbocycles. The van der Waals surface area contributed by atoms with E-state index in [1.165, 1.54) is 18.4 Å². The molecule has 0 nitrogen and oxygen atoms in total. The Kier molecular flexibility index (Phi) is 2.25. The van der Waals surface area contributed by atoms with Gasteiger partial charge in [-0.25, -0.2) is 0 Å². The lowest BCUT2D eigenvalue weighted by Crippen LogP contribution is -2.18. The molecule has 0 bridgehead atoms. The Balaban J connectivity index is 1.91. The lowest BCUT2D eigenvalue weighted by Gasteiger charge is -2.26. The quantitative estimate of drug-likeness (QED) is 0.560. The van der Waals surface area contributed by atoms with Crippen molar-refractivity contribution in [3.8, 4) is 0 Å². The Morgan fingerprint density at radius 2 is 2.00 bits per heavy atom. The third-order valence-corrected chi connectivity index (χ3v) is 4.45. The normalized spacial score (nSPS) is 39.2. The third-order valence-electron chi connectivity index (χ3n) is 4.45. The molecule has 2 saturated carbocycles. The molecule has 0 saturated heterocycles. The van der Waals surface area contributed by atoms with Gasteiger partial charge >= 0.3 is 0 Å². The van der Waals surface area contributed by atoms with Crippen LogP contribution < -0.4 is 0 Å². The van der Waals surface area contributed by atoms with E-state index in [4.69, 9.17) is 0 Å². The van der Waals surface area contributed by atoms with Crippen LogP contribution in [-0.2, 0) is 0 Å². The maximum Gasteiger partial charge on any atom is -0.0203 e. The summed E-state index contributed by atoms with van der Waals surface area (Å²) in [5.41, 5.74) is 1.47. The smallest absolute Gasteiger partial charge is 0.0203 e. The van der Waals surface area contributed by atoms with Crippen molar-refractivity contribution in [1.29, 1.82) is 0 Å². The first-order valence-corrected chi connectivity index (χ1v) is 5.88. The van der Waals surface area contributed by atoms with E-state index in [2.05, 4.69) is 27.4 Å². The fourth-order valence-corrected chi connectivity index (χ4v) is 3.05. The number of rotatable bonds is 5. The van der Waals surface area contributed by atoms with Crippen molar-refractivity contribution in [3.05, 3.63) is 12.2 Å². The van der Waals surface area contributed by atoms with Gasteiger partial charge < -0.3 is 0 Å². The van der Waals surface area contributed by atoms with Crippen molar-refractivity contribution < 1.29 is 0 Å². The van der Waals surface area contributed by atoms with Crippen LogP contribution in [0, 0.1) is 29.6 Å². The molecule has 2 aliphatic rings. The van der Waals surface area contributed by atoms with Crippen LogP contribution in [0.15, 0.2) is 12.2 Å².